The van der Waals surface area contributed by atoms with Crippen molar-refractivity contribution in [1.29, 1.82) is 0 Å². The Morgan fingerprint density at radius 2 is 1.90 bits per heavy atom. The molecule has 110 valence electrons. The van der Waals surface area contributed by atoms with Crippen LogP contribution in [-0.4, -0.2) is 6.54 Å². The van der Waals surface area contributed by atoms with Gasteiger partial charge in [-0.1, -0.05) is 18.5 Å². The Morgan fingerprint density at radius 1 is 1.05 bits per heavy atom. The molecule has 5 heteroatoms. The number of benzene rings is 1. The van der Waals surface area contributed by atoms with E-state index in [1.165, 1.54) is 0 Å². The van der Waals surface area contributed by atoms with E-state index in [-0.39, 0.29) is 6.04 Å². The van der Waals surface area contributed by atoms with E-state index >= 15 is 0 Å². The summed E-state index contributed by atoms with van der Waals surface area (Å²) >= 11 is 11.9. The molecule has 1 atom stereocenters. The highest BCUT2D eigenvalue weighted by Crippen LogP contribution is 2.31. The van der Waals surface area contributed by atoms with Crippen LogP contribution in [0, 0.1) is 0 Å². The zero-order valence-corrected chi connectivity index (χ0v) is 13.0. The van der Waals surface area contributed by atoms with Crippen LogP contribution in [0.25, 0.3) is 11.0 Å². The lowest BCUT2D eigenvalue weighted by molar-refractivity contribution is 0.400. The Morgan fingerprint density at radius 3 is 2.62 bits per heavy atom. The Kier molecular flexibility index (Phi) is 4.24. The second-order valence-corrected chi connectivity index (χ2v) is 5.67. The van der Waals surface area contributed by atoms with Gasteiger partial charge in [-0.15, -0.1) is 0 Å². The molecule has 0 aliphatic carbocycles. The van der Waals surface area contributed by atoms with E-state index in [2.05, 4.69) is 12.2 Å². The summed E-state index contributed by atoms with van der Waals surface area (Å²) in [4.78, 5) is 0. The minimum atomic E-state index is -0.163. The standard InChI is InChI=1S/C16H15Cl2NO2/c1-2-7-19-16(13-5-6-15(18)21-13)14-9-10-8-11(17)3-4-12(10)20-14/h3-6,8-9,16,19H,2,7H2,1H3. The molecule has 3 rings (SSSR count). The monoisotopic (exact) mass is 323 g/mol. The van der Waals surface area contributed by atoms with Gasteiger partial charge in [0, 0.05) is 10.4 Å². The average Bonchev–Trinajstić information content (AvgIpc) is 3.05. The summed E-state index contributed by atoms with van der Waals surface area (Å²) in [7, 11) is 0. The molecule has 0 fully saturated rings. The first-order chi connectivity index (χ1) is 10.2. The fraction of sp³-hybridized carbons (Fsp3) is 0.250. The van der Waals surface area contributed by atoms with Gasteiger partial charge in [0.15, 0.2) is 5.22 Å². The summed E-state index contributed by atoms with van der Waals surface area (Å²) in [5, 5.41) is 5.44. The van der Waals surface area contributed by atoms with Crippen LogP contribution in [0.3, 0.4) is 0 Å². The number of nitrogens with one attached hydrogen (secondary N) is 1. The van der Waals surface area contributed by atoms with E-state index in [0.29, 0.717) is 10.2 Å². The molecule has 1 unspecified atom stereocenters. The van der Waals surface area contributed by atoms with E-state index in [1.807, 2.05) is 30.3 Å². The normalized spacial score (nSPS) is 12.9. The molecule has 2 heterocycles. The molecule has 0 bridgehead atoms. The molecule has 0 saturated carbocycles. The summed E-state index contributed by atoms with van der Waals surface area (Å²) in [6.07, 6.45) is 1.01. The highest BCUT2D eigenvalue weighted by molar-refractivity contribution is 6.31. The Bertz CT molecular complexity index is 748. The van der Waals surface area contributed by atoms with Gasteiger partial charge in [0.25, 0.3) is 0 Å². The first-order valence-corrected chi connectivity index (χ1v) is 7.60. The summed E-state index contributed by atoms with van der Waals surface area (Å²) < 4.78 is 11.5. The molecule has 1 N–H and O–H groups in total. The lowest BCUT2D eigenvalue weighted by atomic mass is 10.1. The van der Waals surface area contributed by atoms with Gasteiger partial charge in [-0.05, 0) is 61.0 Å². The van der Waals surface area contributed by atoms with Crippen molar-refractivity contribution in [3.63, 3.8) is 0 Å². The molecule has 0 amide bonds. The largest absolute Gasteiger partial charge is 0.459 e. The van der Waals surface area contributed by atoms with E-state index in [1.54, 1.807) is 6.07 Å². The van der Waals surface area contributed by atoms with Gasteiger partial charge in [0.1, 0.15) is 23.1 Å². The maximum absolute atomic E-state index is 6.02. The van der Waals surface area contributed by atoms with Crippen LogP contribution in [0.15, 0.2) is 45.2 Å². The zero-order valence-electron chi connectivity index (χ0n) is 11.5. The molecule has 21 heavy (non-hydrogen) atoms. The minimum absolute atomic E-state index is 0.163. The topological polar surface area (TPSA) is 38.3 Å². The number of fused-ring (bicyclic) bond motifs is 1. The summed E-state index contributed by atoms with van der Waals surface area (Å²) in [5.41, 5.74) is 0.801. The highest BCUT2D eigenvalue weighted by atomic mass is 35.5. The number of hydrogen-bond acceptors (Lipinski definition) is 3. The molecule has 0 saturated heterocycles. The van der Waals surface area contributed by atoms with Gasteiger partial charge in [-0.3, -0.25) is 0 Å². The Hall–Kier alpha value is -1.42. The van der Waals surface area contributed by atoms with Crippen molar-refractivity contribution in [3.8, 4) is 0 Å². The van der Waals surface area contributed by atoms with Crippen LogP contribution in [0.2, 0.25) is 10.2 Å². The van der Waals surface area contributed by atoms with Crippen LogP contribution in [0.5, 0.6) is 0 Å². The molecular formula is C16H15Cl2NO2. The van der Waals surface area contributed by atoms with Crippen LogP contribution >= 0.6 is 23.2 Å². The van der Waals surface area contributed by atoms with Crippen molar-refractivity contribution in [2.45, 2.75) is 19.4 Å². The lowest BCUT2D eigenvalue weighted by Crippen LogP contribution is -2.22. The molecule has 0 radical (unpaired) electrons. The second-order valence-electron chi connectivity index (χ2n) is 4.86. The van der Waals surface area contributed by atoms with E-state index in [4.69, 9.17) is 32.0 Å². The Labute approximate surface area is 132 Å². The number of furan rings is 2. The highest BCUT2D eigenvalue weighted by Gasteiger charge is 2.21. The third-order valence-corrected chi connectivity index (χ3v) is 3.70. The van der Waals surface area contributed by atoms with Crippen molar-refractivity contribution < 1.29 is 8.83 Å². The average molecular weight is 324 g/mol. The van der Waals surface area contributed by atoms with E-state index in [9.17, 15) is 0 Å². The predicted molar refractivity (Wildman–Crippen MR) is 85.1 cm³/mol. The predicted octanol–water partition coefficient (Wildman–Crippen LogP) is 5.42. The lowest BCUT2D eigenvalue weighted by Gasteiger charge is -2.13. The van der Waals surface area contributed by atoms with Gasteiger partial charge >= 0.3 is 0 Å². The van der Waals surface area contributed by atoms with Crippen LogP contribution in [0.1, 0.15) is 30.9 Å². The number of rotatable bonds is 5. The van der Waals surface area contributed by atoms with Crippen molar-refractivity contribution in [2.75, 3.05) is 6.54 Å². The molecule has 3 nitrogen and oxygen atoms in total. The number of hydrogen-bond donors (Lipinski definition) is 1. The summed E-state index contributed by atoms with van der Waals surface area (Å²) in [6, 6.07) is 11.0. The van der Waals surface area contributed by atoms with Crippen LogP contribution in [0.4, 0.5) is 0 Å². The second kappa shape index (κ2) is 6.14. The summed E-state index contributed by atoms with van der Waals surface area (Å²) in [5.74, 6) is 1.52. The molecule has 3 aromatic rings. The van der Waals surface area contributed by atoms with E-state index in [0.717, 1.165) is 35.5 Å². The molecular weight excluding hydrogens is 309 g/mol. The molecule has 2 aromatic heterocycles. The first-order valence-electron chi connectivity index (χ1n) is 6.85. The third-order valence-electron chi connectivity index (χ3n) is 3.26. The van der Waals surface area contributed by atoms with Gasteiger partial charge in [-0.25, -0.2) is 0 Å². The molecule has 0 spiro atoms. The molecule has 0 aliphatic heterocycles. The van der Waals surface area contributed by atoms with Gasteiger partial charge in [-0.2, -0.15) is 0 Å². The fourth-order valence-electron chi connectivity index (χ4n) is 2.29. The first kappa shape index (κ1) is 14.5. The van der Waals surface area contributed by atoms with Gasteiger partial charge in [0.05, 0.1) is 0 Å². The quantitative estimate of drug-likeness (QED) is 0.681. The van der Waals surface area contributed by atoms with Gasteiger partial charge < -0.3 is 14.2 Å². The number of halogens is 2. The maximum atomic E-state index is 6.02. The fourth-order valence-corrected chi connectivity index (χ4v) is 2.62. The van der Waals surface area contributed by atoms with Crippen LogP contribution < -0.4 is 5.32 Å². The van der Waals surface area contributed by atoms with Crippen molar-refractivity contribution in [2.24, 2.45) is 0 Å². The van der Waals surface area contributed by atoms with Crippen molar-refractivity contribution in [3.05, 3.63) is 58.2 Å². The molecule has 0 aliphatic rings. The summed E-state index contributed by atoms with van der Waals surface area (Å²) in [6.45, 7) is 2.96. The van der Waals surface area contributed by atoms with Crippen molar-refractivity contribution >= 4 is 34.2 Å². The smallest absolute Gasteiger partial charge is 0.193 e. The van der Waals surface area contributed by atoms with E-state index < -0.39 is 0 Å². The van der Waals surface area contributed by atoms with Crippen LogP contribution in [-0.2, 0) is 0 Å². The van der Waals surface area contributed by atoms with Crippen molar-refractivity contribution in [1.82, 2.24) is 5.32 Å². The minimum Gasteiger partial charge on any atom is -0.459 e. The SMILES string of the molecule is CCCNC(c1ccc(Cl)o1)c1cc2cc(Cl)ccc2o1. The zero-order chi connectivity index (χ0) is 14.8. The maximum Gasteiger partial charge on any atom is 0.193 e. The molecule has 1 aromatic carbocycles. The van der Waals surface area contributed by atoms with Gasteiger partial charge in [0.2, 0.25) is 0 Å². The Balaban J connectivity index is 2.00. The third kappa shape index (κ3) is 3.10.